The Morgan fingerprint density at radius 1 is 1.00 bits per heavy atom. The van der Waals surface area contributed by atoms with Gasteiger partial charge in [-0.05, 0) is 53.1 Å². The van der Waals surface area contributed by atoms with Crippen molar-refractivity contribution in [2.75, 3.05) is 45.9 Å². The number of rotatable bonds is 10. The van der Waals surface area contributed by atoms with Crippen molar-refractivity contribution < 1.29 is 18.7 Å². The van der Waals surface area contributed by atoms with Crippen molar-refractivity contribution in [3.63, 3.8) is 0 Å². The molecule has 3 heterocycles. The molecule has 0 bridgehead atoms. The van der Waals surface area contributed by atoms with Crippen LogP contribution in [0.3, 0.4) is 0 Å². The number of hydrogen-bond donors (Lipinski definition) is 0. The molecule has 3 aromatic rings. The molecule has 4 rings (SSSR count). The number of nitrogens with zero attached hydrogens (tertiary/aromatic N) is 3. The number of hydrogen-bond acceptors (Lipinski definition) is 6. The molecule has 1 aliphatic rings. The van der Waals surface area contributed by atoms with Gasteiger partial charge in [-0.3, -0.25) is 14.5 Å². The minimum Gasteiger partial charge on any atom is -0.379 e. The number of halogens is 1. The number of amides is 2. The Balaban J connectivity index is 1.51. The molecule has 186 valence electrons. The maximum atomic E-state index is 13.6. The van der Waals surface area contributed by atoms with Gasteiger partial charge in [0.2, 0.25) is 5.91 Å². The molecule has 9 heteroatoms. The van der Waals surface area contributed by atoms with Gasteiger partial charge < -0.3 is 14.5 Å². The van der Waals surface area contributed by atoms with Crippen LogP contribution in [0.15, 0.2) is 53.2 Å². The third kappa shape index (κ3) is 7.20. The number of thiophene rings is 2. The van der Waals surface area contributed by atoms with Crippen molar-refractivity contribution >= 4 is 34.5 Å². The highest BCUT2D eigenvalue weighted by Gasteiger charge is 2.25. The van der Waals surface area contributed by atoms with Crippen LogP contribution in [0.2, 0.25) is 0 Å². The van der Waals surface area contributed by atoms with Crippen LogP contribution in [0.1, 0.15) is 25.7 Å². The van der Waals surface area contributed by atoms with Gasteiger partial charge in [0.25, 0.3) is 5.91 Å². The Bertz CT molecular complexity index is 1100. The van der Waals surface area contributed by atoms with Crippen LogP contribution in [-0.4, -0.2) is 72.5 Å². The fourth-order valence-corrected chi connectivity index (χ4v) is 5.55. The Hall–Kier alpha value is -2.59. The molecule has 0 unspecified atom stereocenters. The summed E-state index contributed by atoms with van der Waals surface area (Å²) in [7, 11) is 0. The number of benzene rings is 1. The van der Waals surface area contributed by atoms with Crippen LogP contribution in [0, 0.1) is 12.7 Å². The number of morpholine rings is 1. The van der Waals surface area contributed by atoms with Gasteiger partial charge in [0.15, 0.2) is 0 Å². The van der Waals surface area contributed by atoms with Gasteiger partial charge in [0.05, 0.1) is 24.6 Å². The van der Waals surface area contributed by atoms with Crippen molar-refractivity contribution in [1.82, 2.24) is 14.7 Å². The summed E-state index contributed by atoms with van der Waals surface area (Å²) in [4.78, 5) is 34.3. The van der Waals surface area contributed by atoms with Crippen molar-refractivity contribution in [3.05, 3.63) is 79.9 Å². The Kier molecular flexibility index (Phi) is 9.03. The van der Waals surface area contributed by atoms with E-state index in [1.807, 2.05) is 29.8 Å². The van der Waals surface area contributed by atoms with Crippen molar-refractivity contribution in [2.24, 2.45) is 0 Å². The molecule has 1 fully saturated rings. The second-order valence-electron chi connectivity index (χ2n) is 8.56. The highest BCUT2D eigenvalue weighted by molar-refractivity contribution is 7.12. The fourth-order valence-electron chi connectivity index (χ4n) is 3.94. The molecule has 1 aliphatic heterocycles. The van der Waals surface area contributed by atoms with Gasteiger partial charge in [-0.25, -0.2) is 4.39 Å². The molecule has 0 saturated carbocycles. The molecule has 1 aromatic carbocycles. The summed E-state index contributed by atoms with van der Waals surface area (Å²) < 4.78 is 18.9. The standard InChI is InChI=1S/C26H30FN3O3S2/c1-20-8-16-35-24(20)18-30(17-21-4-6-22(27)7-5-21)25(31)19-29(26(32)23-3-2-15-34-23)10-9-28-11-13-33-14-12-28/h2-8,15-16H,9-14,17-19H2,1H3. The van der Waals surface area contributed by atoms with E-state index in [1.54, 1.807) is 39.3 Å². The summed E-state index contributed by atoms with van der Waals surface area (Å²) in [5, 5.41) is 3.88. The lowest BCUT2D eigenvalue weighted by atomic mass is 10.2. The van der Waals surface area contributed by atoms with Crippen LogP contribution in [-0.2, 0) is 22.6 Å². The molecule has 2 aromatic heterocycles. The molecular weight excluding hydrogens is 485 g/mol. The minimum absolute atomic E-state index is 0.00725. The van der Waals surface area contributed by atoms with E-state index in [0.717, 1.165) is 29.1 Å². The first-order valence-corrected chi connectivity index (χ1v) is 13.4. The van der Waals surface area contributed by atoms with Gasteiger partial charge >= 0.3 is 0 Å². The predicted octanol–water partition coefficient (Wildman–Crippen LogP) is 4.26. The second-order valence-corrected chi connectivity index (χ2v) is 10.5. The third-order valence-corrected chi connectivity index (χ3v) is 7.94. The van der Waals surface area contributed by atoms with Gasteiger partial charge in [0, 0.05) is 37.6 Å². The Labute approximate surface area is 213 Å². The Morgan fingerprint density at radius 3 is 2.43 bits per heavy atom. The maximum absolute atomic E-state index is 13.6. The average molecular weight is 516 g/mol. The van der Waals surface area contributed by atoms with E-state index < -0.39 is 0 Å². The van der Waals surface area contributed by atoms with Gasteiger partial charge in [-0.15, -0.1) is 22.7 Å². The molecule has 1 saturated heterocycles. The van der Waals surface area contributed by atoms with Crippen molar-refractivity contribution in [1.29, 1.82) is 0 Å². The lowest BCUT2D eigenvalue weighted by Crippen LogP contribution is -2.46. The molecule has 0 aliphatic carbocycles. The molecule has 0 spiro atoms. The summed E-state index contributed by atoms with van der Waals surface area (Å²) in [6, 6.07) is 11.9. The fraction of sp³-hybridized carbons (Fsp3) is 0.385. The topological polar surface area (TPSA) is 53.1 Å². The molecule has 0 radical (unpaired) electrons. The lowest BCUT2D eigenvalue weighted by molar-refractivity contribution is -0.133. The first-order valence-electron chi connectivity index (χ1n) is 11.7. The molecule has 2 amide bonds. The SMILES string of the molecule is Cc1ccsc1CN(Cc1ccc(F)cc1)C(=O)CN(CCN1CCOCC1)C(=O)c1cccs1. The lowest BCUT2D eigenvalue weighted by Gasteiger charge is -2.31. The monoisotopic (exact) mass is 515 g/mol. The van der Waals surface area contributed by atoms with Crippen LogP contribution >= 0.6 is 22.7 Å². The molecule has 6 nitrogen and oxygen atoms in total. The van der Waals surface area contributed by atoms with E-state index in [-0.39, 0.29) is 24.2 Å². The van der Waals surface area contributed by atoms with Gasteiger partial charge in [-0.1, -0.05) is 18.2 Å². The summed E-state index contributed by atoms with van der Waals surface area (Å²) in [6.45, 7) is 6.99. The predicted molar refractivity (Wildman–Crippen MR) is 137 cm³/mol. The molecular formula is C26H30FN3O3S2. The number of carbonyl (C=O) groups excluding carboxylic acids is 2. The summed E-state index contributed by atoms with van der Waals surface area (Å²) in [5.74, 6) is -0.568. The third-order valence-electron chi connectivity index (χ3n) is 6.08. The highest BCUT2D eigenvalue weighted by atomic mass is 32.1. The zero-order chi connectivity index (χ0) is 24.6. The number of aryl methyl sites for hydroxylation is 1. The molecule has 35 heavy (non-hydrogen) atoms. The van der Waals surface area contributed by atoms with Gasteiger partial charge in [0.1, 0.15) is 12.4 Å². The Morgan fingerprint density at radius 2 is 1.77 bits per heavy atom. The number of carbonyl (C=O) groups is 2. The van der Waals surface area contributed by atoms with E-state index in [4.69, 9.17) is 4.74 Å². The summed E-state index contributed by atoms with van der Waals surface area (Å²) >= 11 is 2.99. The van der Waals surface area contributed by atoms with Crippen molar-refractivity contribution in [3.8, 4) is 0 Å². The van der Waals surface area contributed by atoms with Gasteiger partial charge in [-0.2, -0.15) is 0 Å². The first kappa shape index (κ1) is 25.5. The largest absolute Gasteiger partial charge is 0.379 e. The summed E-state index contributed by atoms with van der Waals surface area (Å²) in [5.41, 5.74) is 1.98. The van der Waals surface area contributed by atoms with E-state index in [0.29, 0.717) is 44.3 Å². The minimum atomic E-state index is -0.309. The molecule has 0 atom stereocenters. The van der Waals surface area contributed by atoms with E-state index in [1.165, 1.54) is 23.5 Å². The second kappa shape index (κ2) is 12.4. The van der Waals surface area contributed by atoms with Crippen LogP contribution < -0.4 is 0 Å². The average Bonchev–Trinajstić information content (AvgIpc) is 3.55. The highest BCUT2D eigenvalue weighted by Crippen LogP contribution is 2.20. The normalized spacial score (nSPS) is 14.1. The molecule has 0 N–H and O–H groups in total. The van der Waals surface area contributed by atoms with E-state index >= 15 is 0 Å². The number of ether oxygens (including phenoxy) is 1. The smallest absolute Gasteiger partial charge is 0.264 e. The van der Waals surface area contributed by atoms with Crippen LogP contribution in [0.5, 0.6) is 0 Å². The van der Waals surface area contributed by atoms with Crippen molar-refractivity contribution in [2.45, 2.75) is 20.0 Å². The quantitative estimate of drug-likeness (QED) is 0.405. The first-order chi connectivity index (χ1) is 17.0. The van der Waals surface area contributed by atoms with Crippen LogP contribution in [0.4, 0.5) is 4.39 Å². The maximum Gasteiger partial charge on any atom is 0.264 e. The van der Waals surface area contributed by atoms with Crippen LogP contribution in [0.25, 0.3) is 0 Å². The van der Waals surface area contributed by atoms with E-state index in [9.17, 15) is 14.0 Å². The zero-order valence-electron chi connectivity index (χ0n) is 19.8. The summed E-state index contributed by atoms with van der Waals surface area (Å²) in [6.07, 6.45) is 0. The zero-order valence-corrected chi connectivity index (χ0v) is 21.5. The van der Waals surface area contributed by atoms with E-state index in [2.05, 4.69) is 4.90 Å².